The van der Waals surface area contributed by atoms with E-state index < -0.39 is 0 Å². The van der Waals surface area contributed by atoms with Gasteiger partial charge in [0.1, 0.15) is 0 Å². The average molecular weight is 328 g/mol. The molecule has 16 heavy (non-hydrogen) atoms. The Morgan fingerprint density at radius 2 is 1.88 bits per heavy atom. The highest BCUT2D eigenvalue weighted by molar-refractivity contribution is 14.1. The van der Waals surface area contributed by atoms with Gasteiger partial charge in [0.25, 0.3) is 0 Å². The Morgan fingerprint density at radius 1 is 1.19 bits per heavy atom. The van der Waals surface area contributed by atoms with Gasteiger partial charge in [-0.15, -0.1) is 10.2 Å². The summed E-state index contributed by atoms with van der Waals surface area (Å²) >= 11 is 2.28. The molecule has 2 aromatic rings. The molecular formula is C11H13IN4. The molecule has 5 heteroatoms. The van der Waals surface area contributed by atoms with Gasteiger partial charge in [0.15, 0.2) is 0 Å². The minimum atomic E-state index is -0.133. The average Bonchev–Trinajstić information content (AvgIpc) is 2.66. The smallest absolute Gasteiger partial charge is 0.158 e. The Labute approximate surface area is 108 Å². The molecule has 1 aromatic carbocycles. The minimum absolute atomic E-state index is 0.133. The van der Waals surface area contributed by atoms with Gasteiger partial charge in [-0.05, 0) is 60.7 Å². The van der Waals surface area contributed by atoms with E-state index in [2.05, 4.69) is 58.8 Å². The number of halogens is 1. The monoisotopic (exact) mass is 328 g/mol. The van der Waals surface area contributed by atoms with Crippen LogP contribution in [0.15, 0.2) is 24.3 Å². The van der Waals surface area contributed by atoms with E-state index in [-0.39, 0.29) is 5.54 Å². The van der Waals surface area contributed by atoms with E-state index in [4.69, 9.17) is 0 Å². The molecule has 0 radical (unpaired) electrons. The molecule has 84 valence electrons. The third kappa shape index (κ3) is 2.23. The van der Waals surface area contributed by atoms with Crippen LogP contribution in [-0.2, 0) is 5.54 Å². The number of hydrogen-bond acceptors (Lipinski definition) is 3. The van der Waals surface area contributed by atoms with Crippen molar-refractivity contribution in [1.82, 2.24) is 20.2 Å². The van der Waals surface area contributed by atoms with Gasteiger partial charge in [-0.3, -0.25) is 0 Å². The van der Waals surface area contributed by atoms with Crippen molar-refractivity contribution in [3.63, 3.8) is 0 Å². The molecule has 0 saturated heterocycles. The lowest BCUT2D eigenvalue weighted by Crippen LogP contribution is -2.24. The first-order valence-corrected chi connectivity index (χ1v) is 6.12. The van der Waals surface area contributed by atoms with Crippen molar-refractivity contribution < 1.29 is 0 Å². The zero-order valence-electron chi connectivity index (χ0n) is 9.48. The first-order valence-electron chi connectivity index (χ1n) is 5.04. The van der Waals surface area contributed by atoms with Crippen molar-refractivity contribution in [3.8, 4) is 11.4 Å². The summed E-state index contributed by atoms with van der Waals surface area (Å²) in [6, 6.07) is 8.02. The zero-order valence-corrected chi connectivity index (χ0v) is 11.6. The summed E-state index contributed by atoms with van der Waals surface area (Å²) in [7, 11) is 0. The van der Waals surface area contributed by atoms with Crippen molar-refractivity contribution in [1.29, 1.82) is 0 Å². The second-order valence-corrected chi connectivity index (χ2v) is 5.72. The summed E-state index contributed by atoms with van der Waals surface area (Å²) in [6.45, 7) is 6.15. The number of benzene rings is 1. The van der Waals surface area contributed by atoms with E-state index in [1.165, 1.54) is 0 Å². The highest BCUT2D eigenvalue weighted by Crippen LogP contribution is 2.21. The first kappa shape index (κ1) is 11.5. The lowest BCUT2D eigenvalue weighted by Gasteiger charge is -2.15. The van der Waals surface area contributed by atoms with Crippen LogP contribution in [0.5, 0.6) is 0 Å². The van der Waals surface area contributed by atoms with E-state index in [1.807, 2.05) is 24.3 Å². The van der Waals surface area contributed by atoms with Gasteiger partial charge < -0.3 is 0 Å². The Morgan fingerprint density at radius 3 is 2.44 bits per heavy atom. The lowest BCUT2D eigenvalue weighted by molar-refractivity contribution is 0.306. The Kier molecular flexibility index (Phi) is 2.96. The van der Waals surface area contributed by atoms with E-state index >= 15 is 0 Å². The van der Waals surface area contributed by atoms with Crippen molar-refractivity contribution in [2.75, 3.05) is 0 Å². The van der Waals surface area contributed by atoms with Crippen molar-refractivity contribution in [2.45, 2.75) is 26.3 Å². The summed E-state index contributed by atoms with van der Waals surface area (Å²) in [5.41, 5.74) is 0.893. The topological polar surface area (TPSA) is 43.6 Å². The predicted molar refractivity (Wildman–Crippen MR) is 71.0 cm³/mol. The molecule has 0 N–H and O–H groups in total. The highest BCUT2D eigenvalue weighted by atomic mass is 127. The van der Waals surface area contributed by atoms with Crippen molar-refractivity contribution in [3.05, 3.63) is 27.8 Å². The zero-order chi connectivity index (χ0) is 11.8. The van der Waals surface area contributed by atoms with Crippen LogP contribution in [-0.4, -0.2) is 20.2 Å². The summed E-state index contributed by atoms with van der Waals surface area (Å²) in [5.74, 6) is 0.680. The molecular weight excluding hydrogens is 315 g/mol. The maximum absolute atomic E-state index is 4.40. The molecule has 0 aliphatic heterocycles. The minimum Gasteiger partial charge on any atom is -0.158 e. The van der Waals surface area contributed by atoms with E-state index in [1.54, 1.807) is 4.80 Å². The third-order valence-corrected chi connectivity index (χ3v) is 3.07. The fourth-order valence-electron chi connectivity index (χ4n) is 1.25. The Balaban J connectivity index is 2.44. The molecule has 0 amide bonds. The number of hydrogen-bond donors (Lipinski definition) is 0. The quantitative estimate of drug-likeness (QED) is 0.756. The maximum atomic E-state index is 4.40. The summed E-state index contributed by atoms with van der Waals surface area (Å²) in [5, 5.41) is 12.6. The van der Waals surface area contributed by atoms with Crippen LogP contribution < -0.4 is 0 Å². The van der Waals surface area contributed by atoms with Gasteiger partial charge in [-0.1, -0.05) is 12.1 Å². The SMILES string of the molecule is CC(C)(C)n1nnc(-c2ccccc2I)n1. The van der Waals surface area contributed by atoms with Gasteiger partial charge in [0.05, 0.1) is 5.54 Å². The Bertz CT molecular complexity index is 499. The molecule has 0 saturated carbocycles. The highest BCUT2D eigenvalue weighted by Gasteiger charge is 2.18. The van der Waals surface area contributed by atoms with Crippen molar-refractivity contribution >= 4 is 22.6 Å². The largest absolute Gasteiger partial charge is 0.206 e. The molecule has 0 fully saturated rings. The number of rotatable bonds is 1. The molecule has 1 heterocycles. The van der Waals surface area contributed by atoms with Crippen LogP contribution in [0.3, 0.4) is 0 Å². The van der Waals surface area contributed by atoms with Crippen LogP contribution in [0, 0.1) is 3.57 Å². The van der Waals surface area contributed by atoms with Gasteiger partial charge >= 0.3 is 0 Å². The first-order chi connectivity index (χ1) is 7.48. The lowest BCUT2D eigenvalue weighted by atomic mass is 10.1. The Hall–Kier alpha value is -0.980. The predicted octanol–water partition coefficient (Wildman–Crippen LogP) is 2.70. The van der Waals surface area contributed by atoms with Gasteiger partial charge in [0, 0.05) is 9.13 Å². The molecule has 0 aliphatic carbocycles. The van der Waals surface area contributed by atoms with Crippen LogP contribution in [0.25, 0.3) is 11.4 Å². The molecule has 0 spiro atoms. The number of nitrogens with zero attached hydrogens (tertiary/aromatic N) is 4. The standard InChI is InChI=1S/C11H13IN4/c1-11(2,3)16-14-10(13-15-16)8-6-4-5-7-9(8)12/h4-7H,1-3H3. The summed E-state index contributed by atoms with van der Waals surface area (Å²) in [4.78, 5) is 1.64. The van der Waals surface area contributed by atoms with Gasteiger partial charge in [-0.2, -0.15) is 4.80 Å². The fraction of sp³-hybridized carbons (Fsp3) is 0.364. The van der Waals surface area contributed by atoms with E-state index in [0.29, 0.717) is 5.82 Å². The van der Waals surface area contributed by atoms with Gasteiger partial charge in [0.2, 0.25) is 5.82 Å². The molecule has 1 aromatic heterocycles. The third-order valence-electron chi connectivity index (χ3n) is 2.13. The van der Waals surface area contributed by atoms with E-state index in [9.17, 15) is 0 Å². The van der Waals surface area contributed by atoms with Crippen LogP contribution in [0.1, 0.15) is 20.8 Å². The second-order valence-electron chi connectivity index (χ2n) is 4.55. The van der Waals surface area contributed by atoms with Gasteiger partial charge in [-0.25, -0.2) is 0 Å². The van der Waals surface area contributed by atoms with Crippen molar-refractivity contribution in [2.24, 2.45) is 0 Å². The molecule has 0 unspecified atom stereocenters. The van der Waals surface area contributed by atoms with Crippen LogP contribution in [0.4, 0.5) is 0 Å². The molecule has 0 aliphatic rings. The maximum Gasteiger partial charge on any atom is 0.206 e. The summed E-state index contributed by atoms with van der Waals surface area (Å²) in [6.07, 6.45) is 0. The fourth-order valence-corrected chi connectivity index (χ4v) is 1.88. The van der Waals surface area contributed by atoms with Crippen LogP contribution >= 0.6 is 22.6 Å². The molecule has 4 nitrogen and oxygen atoms in total. The molecule has 0 atom stereocenters. The number of tetrazole rings is 1. The molecule has 0 bridgehead atoms. The number of aromatic nitrogens is 4. The van der Waals surface area contributed by atoms with E-state index in [0.717, 1.165) is 9.13 Å². The molecule has 2 rings (SSSR count). The summed E-state index contributed by atoms with van der Waals surface area (Å²) < 4.78 is 1.13. The normalized spacial score (nSPS) is 11.8. The second kappa shape index (κ2) is 4.12. The van der Waals surface area contributed by atoms with Crippen LogP contribution in [0.2, 0.25) is 0 Å².